The van der Waals surface area contributed by atoms with Gasteiger partial charge >= 0.3 is 5.97 Å². The van der Waals surface area contributed by atoms with Crippen molar-refractivity contribution in [3.05, 3.63) is 56.0 Å². The number of nitrogens with one attached hydrogen (secondary N) is 1. The minimum atomic E-state index is -0.683. The Kier molecular flexibility index (Phi) is 7.06. The van der Waals surface area contributed by atoms with Gasteiger partial charge in [0.2, 0.25) is 5.91 Å². The van der Waals surface area contributed by atoms with Gasteiger partial charge in [-0.2, -0.15) is 0 Å². The van der Waals surface area contributed by atoms with Crippen LogP contribution in [-0.4, -0.2) is 30.9 Å². The lowest BCUT2D eigenvalue weighted by Gasteiger charge is -2.18. The van der Waals surface area contributed by atoms with Crippen molar-refractivity contribution in [1.29, 1.82) is 0 Å². The molecule has 1 aliphatic rings. The van der Waals surface area contributed by atoms with Crippen LogP contribution in [0.1, 0.15) is 17.5 Å². The Morgan fingerprint density at radius 1 is 1.23 bits per heavy atom. The number of aryl methyl sites for hydroxylation is 2. The Hall–Kier alpha value is -2.09. The number of carbonyl (C=O) groups is 3. The summed E-state index contributed by atoms with van der Waals surface area (Å²) in [6, 6.07) is 8.69. The number of amides is 2. The van der Waals surface area contributed by atoms with Gasteiger partial charge in [-0.15, -0.1) is 0 Å². The Morgan fingerprint density at radius 2 is 1.97 bits per heavy atom. The molecule has 1 fully saturated rings. The molecule has 1 N–H and O–H groups in total. The van der Waals surface area contributed by atoms with Crippen molar-refractivity contribution in [2.24, 2.45) is 5.92 Å². The number of rotatable bonds is 5. The van der Waals surface area contributed by atoms with Crippen LogP contribution in [0.5, 0.6) is 0 Å². The molecule has 3 rings (SSSR count). The molecule has 2 aromatic carbocycles. The molecule has 0 aromatic heterocycles. The number of nitrogens with zero attached hydrogens (tertiary/aromatic N) is 1. The first kappa shape index (κ1) is 22.6. The summed E-state index contributed by atoms with van der Waals surface area (Å²) >= 11 is 15.6. The second kappa shape index (κ2) is 9.37. The van der Waals surface area contributed by atoms with Crippen molar-refractivity contribution in [3.63, 3.8) is 0 Å². The molecule has 1 atom stereocenters. The third kappa shape index (κ3) is 4.96. The van der Waals surface area contributed by atoms with Crippen LogP contribution < -0.4 is 10.2 Å². The van der Waals surface area contributed by atoms with Gasteiger partial charge in [0.1, 0.15) is 0 Å². The summed E-state index contributed by atoms with van der Waals surface area (Å²) in [5, 5.41) is 3.31. The summed E-state index contributed by atoms with van der Waals surface area (Å²) in [6.07, 6.45) is -0.0195. The van der Waals surface area contributed by atoms with Crippen molar-refractivity contribution >= 4 is 68.3 Å². The molecule has 158 valence electrons. The fourth-order valence-corrected chi connectivity index (χ4v) is 4.01. The van der Waals surface area contributed by atoms with E-state index < -0.39 is 24.4 Å². The summed E-state index contributed by atoms with van der Waals surface area (Å²) in [6.45, 7) is 3.46. The van der Waals surface area contributed by atoms with Crippen LogP contribution in [0.3, 0.4) is 0 Å². The second-order valence-corrected chi connectivity index (χ2v) is 8.69. The van der Waals surface area contributed by atoms with Crippen LogP contribution in [0.25, 0.3) is 0 Å². The molecule has 0 radical (unpaired) electrons. The molecule has 9 heteroatoms. The van der Waals surface area contributed by atoms with Crippen molar-refractivity contribution in [2.75, 3.05) is 23.4 Å². The van der Waals surface area contributed by atoms with Crippen LogP contribution in [0.15, 0.2) is 34.8 Å². The van der Waals surface area contributed by atoms with E-state index in [0.29, 0.717) is 16.4 Å². The Balaban J connectivity index is 1.58. The first-order valence-electron chi connectivity index (χ1n) is 9.15. The molecule has 2 amide bonds. The molecule has 1 saturated heterocycles. The number of ether oxygens (including phenoxy) is 1. The summed E-state index contributed by atoms with van der Waals surface area (Å²) < 4.78 is 6.09. The van der Waals surface area contributed by atoms with Gasteiger partial charge in [-0.25, -0.2) is 0 Å². The van der Waals surface area contributed by atoms with Gasteiger partial charge in [0.05, 0.1) is 21.7 Å². The van der Waals surface area contributed by atoms with Gasteiger partial charge in [-0.1, -0.05) is 45.2 Å². The number of esters is 1. The highest BCUT2D eigenvalue weighted by atomic mass is 79.9. The average molecular weight is 514 g/mol. The van der Waals surface area contributed by atoms with Crippen LogP contribution in [-0.2, 0) is 19.1 Å². The minimum absolute atomic E-state index is 0.0195. The van der Waals surface area contributed by atoms with E-state index in [-0.39, 0.29) is 23.9 Å². The smallest absolute Gasteiger partial charge is 0.311 e. The standard InChI is InChI=1S/C21H19BrCl2N2O4/c1-11-7-16(12(2)6-14(11)22)25-18(27)10-30-21(29)13-8-19(28)26(9-13)17-5-3-4-15(23)20(17)24/h3-7,13H,8-10H2,1-2H3,(H,25,27)/t13-/m1/s1. The quantitative estimate of drug-likeness (QED) is 0.576. The van der Waals surface area contributed by atoms with Crippen molar-refractivity contribution in [3.8, 4) is 0 Å². The molecule has 0 bridgehead atoms. The number of anilines is 2. The van der Waals surface area contributed by atoms with Gasteiger partial charge in [-0.05, 0) is 49.2 Å². The molecular weight excluding hydrogens is 495 g/mol. The average Bonchev–Trinajstić information content (AvgIpc) is 3.08. The Bertz CT molecular complexity index is 1030. The predicted molar refractivity (Wildman–Crippen MR) is 120 cm³/mol. The van der Waals surface area contributed by atoms with Crippen LogP contribution in [0.4, 0.5) is 11.4 Å². The maximum Gasteiger partial charge on any atom is 0.311 e. The normalized spacial score (nSPS) is 16.0. The summed E-state index contributed by atoms with van der Waals surface area (Å²) in [4.78, 5) is 38.4. The largest absolute Gasteiger partial charge is 0.455 e. The van der Waals surface area contributed by atoms with Gasteiger partial charge in [0.25, 0.3) is 5.91 Å². The first-order valence-corrected chi connectivity index (χ1v) is 10.7. The summed E-state index contributed by atoms with van der Waals surface area (Å²) in [7, 11) is 0. The maximum atomic E-state index is 12.4. The molecule has 0 saturated carbocycles. The topological polar surface area (TPSA) is 75.7 Å². The van der Waals surface area contributed by atoms with E-state index in [1.54, 1.807) is 18.2 Å². The van der Waals surface area contributed by atoms with Crippen LogP contribution in [0.2, 0.25) is 10.0 Å². The second-order valence-electron chi connectivity index (χ2n) is 7.05. The molecule has 2 aromatic rings. The van der Waals surface area contributed by atoms with Crippen molar-refractivity contribution in [1.82, 2.24) is 0 Å². The van der Waals surface area contributed by atoms with E-state index in [1.165, 1.54) is 4.90 Å². The monoisotopic (exact) mass is 512 g/mol. The van der Waals surface area contributed by atoms with E-state index in [2.05, 4.69) is 21.2 Å². The fourth-order valence-electron chi connectivity index (χ4n) is 3.16. The van der Waals surface area contributed by atoms with E-state index in [1.807, 2.05) is 26.0 Å². The van der Waals surface area contributed by atoms with Crippen molar-refractivity contribution in [2.45, 2.75) is 20.3 Å². The third-order valence-corrected chi connectivity index (χ3v) is 6.47. The highest BCUT2D eigenvalue weighted by Crippen LogP contribution is 2.36. The highest BCUT2D eigenvalue weighted by molar-refractivity contribution is 9.10. The summed E-state index contributed by atoms with van der Waals surface area (Å²) in [5.74, 6) is -2.00. The third-order valence-electron chi connectivity index (χ3n) is 4.81. The minimum Gasteiger partial charge on any atom is -0.455 e. The van der Waals surface area contributed by atoms with Gasteiger partial charge in [-0.3, -0.25) is 14.4 Å². The molecule has 0 unspecified atom stereocenters. The number of benzene rings is 2. The van der Waals surface area contributed by atoms with Gasteiger partial charge in [0.15, 0.2) is 6.61 Å². The highest BCUT2D eigenvalue weighted by Gasteiger charge is 2.37. The Labute approximate surface area is 192 Å². The molecule has 0 aliphatic carbocycles. The summed E-state index contributed by atoms with van der Waals surface area (Å²) in [5.41, 5.74) is 2.94. The van der Waals surface area contributed by atoms with E-state index >= 15 is 0 Å². The van der Waals surface area contributed by atoms with Crippen LogP contribution in [0, 0.1) is 19.8 Å². The van der Waals surface area contributed by atoms with Gasteiger partial charge in [0, 0.05) is 23.1 Å². The van der Waals surface area contributed by atoms with Gasteiger partial charge < -0.3 is 15.0 Å². The lowest BCUT2D eigenvalue weighted by Crippen LogP contribution is -2.28. The zero-order valence-electron chi connectivity index (χ0n) is 16.3. The molecule has 0 spiro atoms. The van der Waals surface area contributed by atoms with E-state index in [0.717, 1.165) is 15.6 Å². The molecule has 1 heterocycles. The van der Waals surface area contributed by atoms with Crippen molar-refractivity contribution < 1.29 is 19.1 Å². The predicted octanol–water partition coefficient (Wildman–Crippen LogP) is 4.91. The molecule has 30 heavy (non-hydrogen) atoms. The van der Waals surface area contributed by atoms with E-state index in [4.69, 9.17) is 27.9 Å². The molecule has 1 aliphatic heterocycles. The zero-order chi connectivity index (χ0) is 22.0. The van der Waals surface area contributed by atoms with E-state index in [9.17, 15) is 14.4 Å². The number of hydrogen-bond donors (Lipinski definition) is 1. The maximum absolute atomic E-state index is 12.4. The lowest BCUT2D eigenvalue weighted by molar-refractivity contribution is -0.151. The zero-order valence-corrected chi connectivity index (χ0v) is 19.4. The molecule has 6 nitrogen and oxygen atoms in total. The number of hydrogen-bond acceptors (Lipinski definition) is 4. The van der Waals surface area contributed by atoms with Crippen LogP contribution >= 0.6 is 39.1 Å². The Morgan fingerprint density at radius 3 is 2.70 bits per heavy atom. The first-order chi connectivity index (χ1) is 14.2. The lowest BCUT2D eigenvalue weighted by atomic mass is 10.1. The number of halogens is 3. The SMILES string of the molecule is Cc1cc(NC(=O)COC(=O)[C@@H]2CC(=O)N(c3cccc(Cl)c3Cl)C2)c(C)cc1Br. The molecular formula is C21H19BrCl2N2O4. The number of carbonyl (C=O) groups excluding carboxylic acids is 3. The fraction of sp³-hybridized carbons (Fsp3) is 0.286.